The fourth-order valence-electron chi connectivity index (χ4n) is 0. The van der Waals surface area contributed by atoms with Crippen molar-refractivity contribution in [3.63, 3.8) is 0 Å². The van der Waals surface area contributed by atoms with Crippen LogP contribution in [0.15, 0.2) is 0 Å². The summed E-state index contributed by atoms with van der Waals surface area (Å²) < 4.78 is 8.88. The van der Waals surface area contributed by atoms with Crippen LogP contribution in [0.2, 0.25) is 0 Å². The van der Waals surface area contributed by atoms with Crippen LogP contribution in [0.3, 0.4) is 0 Å². The monoisotopic (exact) mass is 322 g/mol. The molecule has 0 radical (unpaired) electrons. The molecule has 0 aromatic heterocycles. The average Bonchev–Trinajstić information content (AvgIpc) is 0.722. The van der Waals surface area contributed by atoms with Crippen molar-refractivity contribution in [2.75, 3.05) is 0 Å². The topological polar surface area (TPSA) is 77.8 Å². The van der Waals surface area contributed by atoms with E-state index in [0.717, 1.165) is 0 Å². The summed E-state index contributed by atoms with van der Waals surface area (Å²) >= 11 is 0. The van der Waals surface area contributed by atoms with E-state index in [1.165, 1.54) is 0 Å². The van der Waals surface area contributed by atoms with Gasteiger partial charge < -0.3 is 14.7 Å². The van der Waals surface area contributed by atoms with Crippen molar-refractivity contribution >= 4 is 101 Å². The molecule has 4 nitrogen and oxygen atoms in total. The minimum atomic E-state index is -4.64. The summed E-state index contributed by atoms with van der Waals surface area (Å²) in [6.07, 6.45) is 0. The van der Waals surface area contributed by atoms with Crippen LogP contribution in [0.25, 0.3) is 0 Å². The molecule has 0 aliphatic carbocycles. The third kappa shape index (κ3) is 272. The molecule has 12 heavy (non-hydrogen) atoms. The molecule has 0 aliphatic rings. The Morgan fingerprint density at radius 3 is 0.667 bits per heavy atom. The summed E-state index contributed by atoms with van der Waals surface area (Å²) in [7, 11) is -4.64. The van der Waals surface area contributed by atoms with Gasteiger partial charge in [0.25, 0.3) is 0 Å². The van der Waals surface area contributed by atoms with Crippen molar-refractivity contribution in [1.82, 2.24) is 0 Å². The van der Waals surface area contributed by atoms with E-state index in [-0.39, 0.29) is 93.3 Å². The molecule has 0 heterocycles. The van der Waals surface area contributed by atoms with E-state index in [4.69, 9.17) is 19.2 Å². The van der Waals surface area contributed by atoms with Gasteiger partial charge >= 0.3 is 26.7 Å². The predicted octanol–water partition coefficient (Wildman–Crippen LogP) is 0.954. The second kappa shape index (κ2) is 29.2. The first-order valence-corrected chi connectivity index (χ1v) is 2.35. The van der Waals surface area contributed by atoms with Crippen LogP contribution in [0.5, 0.6) is 0 Å². The van der Waals surface area contributed by atoms with E-state index in [9.17, 15) is 0 Å². The van der Waals surface area contributed by atoms with Crippen molar-refractivity contribution in [3.05, 3.63) is 0 Å². The Balaban J connectivity index is -0.00000000381. The molecule has 0 aromatic rings. The molecule has 0 fully saturated rings. The van der Waals surface area contributed by atoms with Crippen LogP contribution in [0, 0.1) is 0 Å². The molecule has 0 saturated carbocycles. The van der Waals surface area contributed by atoms with Crippen LogP contribution in [0.4, 0.5) is 0 Å². The third-order valence-corrected chi connectivity index (χ3v) is 0. The van der Waals surface area contributed by atoms with E-state index in [0.29, 0.717) is 0 Å². The summed E-state index contributed by atoms with van der Waals surface area (Å²) in [6, 6.07) is 0. The Kier molecular flexibility index (Phi) is 153. The van der Waals surface area contributed by atoms with Gasteiger partial charge in [-0.25, -0.2) is 4.57 Å². The SMILES string of the molecule is Cl.Cl.Cl.Cl.Cl.Cl.O=P(O)(O)O.[LiH]. The molecular formula is H10Cl6LiO4P. The second-order valence-electron chi connectivity index (χ2n) is 0.513. The maximum atomic E-state index is 8.88. The average molecular weight is 325 g/mol. The molecule has 0 atom stereocenters. The third-order valence-electron chi connectivity index (χ3n) is 0. The summed E-state index contributed by atoms with van der Waals surface area (Å²) in [5.74, 6) is 0. The molecule has 0 spiro atoms. The van der Waals surface area contributed by atoms with Crippen molar-refractivity contribution < 1.29 is 19.2 Å². The number of halogens is 6. The van der Waals surface area contributed by atoms with Gasteiger partial charge in [0.2, 0.25) is 0 Å². The molecule has 0 aliphatic heterocycles. The van der Waals surface area contributed by atoms with E-state index in [2.05, 4.69) is 0 Å². The first kappa shape index (κ1) is 62.8. The van der Waals surface area contributed by atoms with Gasteiger partial charge in [0.05, 0.1) is 0 Å². The Morgan fingerprint density at radius 2 is 0.667 bits per heavy atom. The molecule has 0 aromatic carbocycles. The molecule has 12 heteroatoms. The number of rotatable bonds is 0. The van der Waals surface area contributed by atoms with Gasteiger partial charge in [-0.15, -0.1) is 74.4 Å². The van der Waals surface area contributed by atoms with E-state index in [1.807, 2.05) is 0 Å². The standard InChI is InChI=1S/6ClH.Li.H3O4P.H/c;;;;;;;1-5(2,3)4;/h6*1H;;(H3,1,2,3,4);. The fourth-order valence-corrected chi connectivity index (χ4v) is 0. The van der Waals surface area contributed by atoms with Crippen molar-refractivity contribution in [2.45, 2.75) is 0 Å². The Labute approximate surface area is 120 Å². The Hall–Kier alpha value is 2.45. The van der Waals surface area contributed by atoms with Crippen LogP contribution in [0.1, 0.15) is 0 Å². The first-order valence-electron chi connectivity index (χ1n) is 0.783. The summed E-state index contributed by atoms with van der Waals surface area (Å²) in [6.45, 7) is 0. The van der Waals surface area contributed by atoms with E-state index < -0.39 is 7.82 Å². The number of hydrogen-bond acceptors (Lipinski definition) is 1. The van der Waals surface area contributed by atoms with Crippen LogP contribution in [-0.4, -0.2) is 33.5 Å². The second-order valence-corrected chi connectivity index (χ2v) is 1.54. The molecule has 0 saturated heterocycles. The fraction of sp³-hybridized carbons (Fsp3) is 0. The molecule has 3 N–H and O–H groups in total. The van der Waals surface area contributed by atoms with Gasteiger partial charge in [0.15, 0.2) is 0 Å². The predicted molar refractivity (Wildman–Crippen MR) is 64.9 cm³/mol. The molecule has 0 bridgehead atoms. The summed E-state index contributed by atoms with van der Waals surface area (Å²) in [5, 5.41) is 0. The van der Waals surface area contributed by atoms with Gasteiger partial charge in [-0.05, 0) is 0 Å². The van der Waals surface area contributed by atoms with Gasteiger partial charge in [0.1, 0.15) is 0 Å². The van der Waals surface area contributed by atoms with Crippen molar-refractivity contribution in [1.29, 1.82) is 0 Å². The van der Waals surface area contributed by atoms with Crippen LogP contribution in [-0.2, 0) is 4.57 Å². The number of phosphoric acid groups is 1. The molecule has 0 amide bonds. The van der Waals surface area contributed by atoms with Gasteiger partial charge in [-0.1, -0.05) is 0 Å². The summed E-state index contributed by atoms with van der Waals surface area (Å²) in [4.78, 5) is 21.6. The van der Waals surface area contributed by atoms with Gasteiger partial charge in [-0.2, -0.15) is 0 Å². The zero-order valence-electron chi connectivity index (χ0n) is 4.65. The zero-order chi connectivity index (χ0) is 4.50. The van der Waals surface area contributed by atoms with Gasteiger partial charge in [0, 0.05) is 0 Å². The molecule has 0 rings (SSSR count). The van der Waals surface area contributed by atoms with Crippen molar-refractivity contribution in [3.8, 4) is 0 Å². The summed E-state index contributed by atoms with van der Waals surface area (Å²) in [5.41, 5.74) is 0. The van der Waals surface area contributed by atoms with Crippen molar-refractivity contribution in [2.24, 2.45) is 0 Å². The number of hydrogen-bond donors (Lipinski definition) is 3. The van der Waals surface area contributed by atoms with Crippen LogP contribution >= 0.6 is 82.3 Å². The molecule has 0 unspecified atom stereocenters. The zero-order valence-corrected chi connectivity index (χ0v) is 10.4. The molecule has 82 valence electrons. The quantitative estimate of drug-likeness (QED) is 0.458. The van der Waals surface area contributed by atoms with Crippen LogP contribution < -0.4 is 0 Å². The van der Waals surface area contributed by atoms with E-state index >= 15 is 0 Å². The van der Waals surface area contributed by atoms with Gasteiger partial charge in [-0.3, -0.25) is 0 Å². The normalized spacial score (nSPS) is 4.92. The Bertz CT molecular complexity index is 65.7. The first-order chi connectivity index (χ1) is 2.00. The van der Waals surface area contributed by atoms with E-state index in [1.54, 1.807) is 0 Å². The minimum absolute atomic E-state index is 0. The maximum absolute atomic E-state index is 8.88. The Morgan fingerprint density at radius 1 is 0.667 bits per heavy atom. The molecular weight excluding hydrogens is 315 g/mol.